The number of pyridine rings is 1. The molecular weight excluding hydrogens is 492 g/mol. The lowest BCUT2D eigenvalue weighted by atomic mass is 10.1. The molecule has 4 rings (SSSR count). The number of hydrogen-bond acceptors (Lipinski definition) is 8. The van der Waals surface area contributed by atoms with Gasteiger partial charge in [-0.15, -0.1) is 0 Å². The van der Waals surface area contributed by atoms with Crippen LogP contribution >= 0.6 is 0 Å². The Morgan fingerprint density at radius 2 is 1.94 bits per heavy atom. The molecule has 0 saturated heterocycles. The summed E-state index contributed by atoms with van der Waals surface area (Å²) >= 11 is 0. The second-order valence-corrected chi connectivity index (χ2v) is 10.6. The summed E-state index contributed by atoms with van der Waals surface area (Å²) in [7, 11) is -3.72. The number of anilines is 3. The van der Waals surface area contributed by atoms with Gasteiger partial charge in [0.25, 0.3) is 6.43 Å². The molecule has 0 spiro atoms. The number of halogens is 2. The second kappa shape index (κ2) is 9.72. The van der Waals surface area contributed by atoms with Gasteiger partial charge in [-0.1, -0.05) is 6.07 Å². The third kappa shape index (κ3) is 5.56. The molecule has 190 valence electrons. The molecule has 1 amide bonds. The minimum atomic E-state index is -3.72. The lowest BCUT2D eigenvalue weighted by Crippen LogP contribution is -2.14. The minimum Gasteiger partial charge on any atom is -0.352 e. The molecule has 0 aliphatic heterocycles. The van der Waals surface area contributed by atoms with E-state index in [1.165, 1.54) is 12.1 Å². The lowest BCUT2D eigenvalue weighted by Gasteiger charge is -2.14. The summed E-state index contributed by atoms with van der Waals surface area (Å²) in [6.45, 7) is 6.93. The quantitative estimate of drug-likeness (QED) is 0.362. The van der Waals surface area contributed by atoms with Crippen molar-refractivity contribution in [2.24, 2.45) is 15.9 Å². The fraction of sp³-hybridized carbons (Fsp3) is 0.348. The highest BCUT2D eigenvalue weighted by atomic mass is 32.2. The maximum absolute atomic E-state index is 13.3. The van der Waals surface area contributed by atoms with Gasteiger partial charge in [0, 0.05) is 24.0 Å². The van der Waals surface area contributed by atoms with Gasteiger partial charge >= 0.3 is 0 Å². The Hall–Kier alpha value is -3.74. The van der Waals surface area contributed by atoms with Crippen LogP contribution in [-0.2, 0) is 14.6 Å². The summed E-state index contributed by atoms with van der Waals surface area (Å²) in [5.74, 6) is -0.800. The number of benzene rings is 1. The molecule has 1 aromatic carbocycles. The number of H-pyrrole nitrogens is 1. The number of carbonyl (C=O) groups is 1. The molecule has 3 N–H and O–H groups in total. The van der Waals surface area contributed by atoms with Crippen molar-refractivity contribution < 1.29 is 22.0 Å². The van der Waals surface area contributed by atoms with Crippen molar-refractivity contribution in [1.29, 1.82) is 0 Å². The summed E-state index contributed by atoms with van der Waals surface area (Å²) in [5.41, 5.74) is 1.61. The molecule has 2 aromatic heterocycles. The van der Waals surface area contributed by atoms with E-state index in [9.17, 15) is 22.0 Å². The van der Waals surface area contributed by atoms with E-state index in [1.807, 2.05) is 0 Å². The van der Waals surface area contributed by atoms with E-state index in [0.29, 0.717) is 11.3 Å². The third-order valence-corrected chi connectivity index (χ3v) is 6.73. The molecule has 2 heterocycles. The van der Waals surface area contributed by atoms with Crippen molar-refractivity contribution in [2.45, 2.75) is 44.2 Å². The van der Waals surface area contributed by atoms with Crippen LogP contribution in [0, 0.1) is 5.92 Å². The lowest BCUT2D eigenvalue weighted by molar-refractivity contribution is -0.117. The molecule has 1 aliphatic rings. The Balaban J connectivity index is 1.79. The van der Waals surface area contributed by atoms with Crippen LogP contribution in [0.4, 0.5) is 26.0 Å². The number of aromatic nitrogens is 3. The van der Waals surface area contributed by atoms with Crippen molar-refractivity contribution in [2.75, 3.05) is 16.9 Å². The average Bonchev–Trinajstić information content (AvgIpc) is 3.57. The molecule has 13 heteroatoms. The topological polar surface area (TPSA) is 142 Å². The molecule has 0 bridgehead atoms. The molecule has 1 atom stereocenters. The summed E-state index contributed by atoms with van der Waals surface area (Å²) in [5, 5.41) is 5.66. The predicted molar refractivity (Wildman–Crippen MR) is 134 cm³/mol. The number of alkyl halides is 2. The van der Waals surface area contributed by atoms with Crippen molar-refractivity contribution in [3.8, 4) is 0 Å². The molecule has 0 radical (unpaired) electrons. The van der Waals surface area contributed by atoms with E-state index in [2.05, 4.69) is 42.3 Å². The van der Waals surface area contributed by atoms with Crippen LogP contribution in [0.5, 0.6) is 0 Å². The van der Waals surface area contributed by atoms with E-state index in [1.54, 1.807) is 26.0 Å². The monoisotopic (exact) mass is 517 g/mol. The van der Waals surface area contributed by atoms with Gasteiger partial charge in [-0.3, -0.25) is 14.8 Å². The zero-order valence-corrected chi connectivity index (χ0v) is 20.7. The number of sulfone groups is 1. The highest BCUT2D eigenvalue weighted by Gasteiger charge is 2.30. The Labute approximate surface area is 206 Å². The molecule has 1 saturated carbocycles. The van der Waals surface area contributed by atoms with Crippen LogP contribution in [0.15, 0.2) is 39.1 Å². The van der Waals surface area contributed by atoms with E-state index in [0.717, 1.165) is 19.1 Å². The minimum absolute atomic E-state index is 0.0211. The number of rotatable bonds is 9. The average molecular weight is 518 g/mol. The molecule has 1 fully saturated rings. The van der Waals surface area contributed by atoms with Crippen LogP contribution < -0.4 is 10.6 Å². The van der Waals surface area contributed by atoms with Crippen LogP contribution in [-0.4, -0.2) is 54.1 Å². The van der Waals surface area contributed by atoms with Gasteiger partial charge in [0.1, 0.15) is 17.5 Å². The first kappa shape index (κ1) is 25.4. The van der Waals surface area contributed by atoms with Gasteiger partial charge < -0.3 is 15.6 Å². The highest BCUT2D eigenvalue weighted by Crippen LogP contribution is 2.34. The van der Waals surface area contributed by atoms with Crippen molar-refractivity contribution in [1.82, 2.24) is 15.0 Å². The van der Waals surface area contributed by atoms with Gasteiger partial charge in [-0.25, -0.2) is 27.2 Å². The van der Waals surface area contributed by atoms with Crippen molar-refractivity contribution >= 4 is 56.5 Å². The number of nitrogens with zero attached hydrogens (tertiary/aromatic N) is 4. The summed E-state index contributed by atoms with van der Waals surface area (Å²) in [6.07, 6.45) is -0.676. The molecule has 10 nitrogen and oxygen atoms in total. The standard InChI is InChI=1S/C23H25F2N7O3S/c1-11(27-12(2)26-3)14-7-8-15(17(9-14)36(4,34)35)28-16-10-18(30-23(33)13-5-6-13)29-21-19(16)31-22(32-21)20(24)25/h7-10,12-13,20H,3,5-6H2,1-2,4H3,(H3,28,29,30,31,32,33)/b27-11+. The predicted octanol–water partition coefficient (Wildman–Crippen LogP) is 4.25. The zero-order chi connectivity index (χ0) is 26.2. The van der Waals surface area contributed by atoms with Gasteiger partial charge in [0.15, 0.2) is 21.3 Å². The van der Waals surface area contributed by atoms with Crippen LogP contribution in [0.3, 0.4) is 0 Å². The summed E-state index contributed by atoms with van der Waals surface area (Å²) < 4.78 is 52.0. The van der Waals surface area contributed by atoms with Gasteiger partial charge in [0.05, 0.1) is 16.3 Å². The van der Waals surface area contributed by atoms with Crippen molar-refractivity contribution in [3.05, 3.63) is 35.7 Å². The number of hydrogen-bond donors (Lipinski definition) is 3. The molecule has 1 unspecified atom stereocenters. The second-order valence-electron chi connectivity index (χ2n) is 8.58. The molecule has 3 aromatic rings. The number of amides is 1. The van der Waals surface area contributed by atoms with Gasteiger partial charge in [0.2, 0.25) is 5.91 Å². The van der Waals surface area contributed by atoms with Gasteiger partial charge in [-0.2, -0.15) is 0 Å². The molecule has 1 aliphatic carbocycles. The van der Waals surface area contributed by atoms with Crippen LogP contribution in [0.25, 0.3) is 11.2 Å². The Morgan fingerprint density at radius 1 is 1.22 bits per heavy atom. The van der Waals surface area contributed by atoms with E-state index in [-0.39, 0.29) is 45.1 Å². The highest BCUT2D eigenvalue weighted by molar-refractivity contribution is 7.90. The number of fused-ring (bicyclic) bond motifs is 1. The van der Waals surface area contributed by atoms with E-state index in [4.69, 9.17) is 0 Å². The maximum Gasteiger partial charge on any atom is 0.295 e. The fourth-order valence-electron chi connectivity index (χ4n) is 3.54. The Bertz CT molecular complexity index is 1480. The number of carbonyl (C=O) groups excluding carboxylic acids is 1. The number of nitrogens with one attached hydrogen (secondary N) is 3. The normalized spacial score (nSPS) is 15.2. The smallest absolute Gasteiger partial charge is 0.295 e. The summed E-state index contributed by atoms with van der Waals surface area (Å²) in [6, 6.07) is 6.12. The third-order valence-electron chi connectivity index (χ3n) is 5.59. The van der Waals surface area contributed by atoms with E-state index >= 15 is 0 Å². The number of imidazole rings is 1. The Morgan fingerprint density at radius 3 is 2.56 bits per heavy atom. The Kier molecular flexibility index (Phi) is 6.85. The number of aromatic amines is 1. The van der Waals surface area contributed by atoms with E-state index < -0.39 is 28.3 Å². The SMILES string of the molecule is C=NC(C)/N=C(\C)c1ccc(Nc2cc(NC(=O)C3CC3)nc3[nH]c(C(F)F)nc23)c(S(C)(=O)=O)c1. The van der Waals surface area contributed by atoms with Crippen molar-refractivity contribution in [3.63, 3.8) is 0 Å². The zero-order valence-electron chi connectivity index (χ0n) is 19.8. The first-order chi connectivity index (χ1) is 17.0. The molecular formula is C23H25F2N7O3S. The maximum atomic E-state index is 13.3. The first-order valence-electron chi connectivity index (χ1n) is 11.1. The van der Waals surface area contributed by atoms with Crippen LogP contribution in [0.1, 0.15) is 44.5 Å². The largest absolute Gasteiger partial charge is 0.352 e. The first-order valence-corrected chi connectivity index (χ1v) is 13.0. The van der Waals surface area contributed by atoms with Crippen LogP contribution in [0.2, 0.25) is 0 Å². The van der Waals surface area contributed by atoms with Gasteiger partial charge in [-0.05, 0) is 51.1 Å². The fourth-order valence-corrected chi connectivity index (χ4v) is 4.40. The number of aliphatic imine (C=N–C) groups is 2. The molecule has 36 heavy (non-hydrogen) atoms. The summed E-state index contributed by atoms with van der Waals surface area (Å²) in [4.78, 5) is 31.0.